The summed E-state index contributed by atoms with van der Waals surface area (Å²) in [5.41, 5.74) is 0.896. The maximum Gasteiger partial charge on any atom is 0.318 e. The van der Waals surface area contributed by atoms with E-state index in [9.17, 15) is 14.0 Å². The number of benzene rings is 1. The molecule has 1 aromatic rings. The Kier molecular flexibility index (Phi) is 6.31. The van der Waals surface area contributed by atoms with E-state index in [1.165, 1.54) is 12.1 Å². The predicted octanol–water partition coefficient (Wildman–Crippen LogP) is 2.56. The molecule has 0 bridgehead atoms. The fourth-order valence-electron chi connectivity index (χ4n) is 3.80. The minimum absolute atomic E-state index is 0.00156. The fourth-order valence-corrected chi connectivity index (χ4v) is 3.80. The van der Waals surface area contributed by atoms with E-state index in [1.54, 1.807) is 17.0 Å². The zero-order valence-electron chi connectivity index (χ0n) is 16.0. The molecule has 0 radical (unpaired) electrons. The standard InChI is InChI=1S/C20H28FN3O3/c1-14(2)22-20(26)24-13-16(19(25)23-9-11-27-12-10-23)5-8-18(24)15-3-6-17(21)7-4-15/h3-4,6-7,14,16,18H,5,8-13H2,1-2H3,(H,22,26)/t16-,18-/m0/s1. The van der Waals surface area contributed by atoms with Crippen LogP contribution in [0.1, 0.15) is 38.3 Å². The predicted molar refractivity (Wildman–Crippen MR) is 99.6 cm³/mol. The summed E-state index contributed by atoms with van der Waals surface area (Å²) in [6.07, 6.45) is 1.39. The van der Waals surface area contributed by atoms with Crippen LogP contribution in [0.4, 0.5) is 9.18 Å². The number of hydrogen-bond acceptors (Lipinski definition) is 3. The molecule has 0 unspecified atom stereocenters. The van der Waals surface area contributed by atoms with Gasteiger partial charge in [-0.1, -0.05) is 12.1 Å². The monoisotopic (exact) mass is 377 g/mol. The molecule has 2 saturated heterocycles. The van der Waals surface area contributed by atoms with Gasteiger partial charge in [-0.05, 0) is 44.4 Å². The highest BCUT2D eigenvalue weighted by Gasteiger charge is 2.37. The van der Waals surface area contributed by atoms with Gasteiger partial charge in [0, 0.05) is 25.7 Å². The Morgan fingerprint density at radius 1 is 1.15 bits per heavy atom. The number of amides is 3. The maximum atomic E-state index is 13.3. The van der Waals surface area contributed by atoms with E-state index in [-0.39, 0.29) is 35.8 Å². The lowest BCUT2D eigenvalue weighted by molar-refractivity contribution is -0.141. The number of hydrogen-bond donors (Lipinski definition) is 1. The highest BCUT2D eigenvalue weighted by atomic mass is 19.1. The quantitative estimate of drug-likeness (QED) is 0.881. The minimum atomic E-state index is -0.298. The second kappa shape index (κ2) is 8.69. The number of nitrogens with zero attached hydrogens (tertiary/aromatic N) is 2. The molecule has 2 atom stereocenters. The zero-order chi connectivity index (χ0) is 19.4. The summed E-state index contributed by atoms with van der Waals surface area (Å²) in [5, 5.41) is 2.93. The molecule has 0 aromatic heterocycles. The molecule has 2 heterocycles. The van der Waals surface area contributed by atoms with E-state index in [1.807, 2.05) is 18.7 Å². The Hall–Kier alpha value is -2.15. The Bertz CT molecular complexity index is 659. The van der Waals surface area contributed by atoms with Crippen molar-refractivity contribution in [3.05, 3.63) is 35.6 Å². The number of piperidine rings is 1. The molecule has 0 spiro atoms. The van der Waals surface area contributed by atoms with Gasteiger partial charge in [-0.2, -0.15) is 0 Å². The first-order chi connectivity index (χ1) is 13.0. The van der Waals surface area contributed by atoms with E-state index in [0.717, 1.165) is 5.56 Å². The van der Waals surface area contributed by atoms with Crippen molar-refractivity contribution in [2.24, 2.45) is 5.92 Å². The number of rotatable bonds is 3. The van der Waals surface area contributed by atoms with Crippen molar-refractivity contribution in [1.29, 1.82) is 0 Å². The number of ether oxygens (including phenoxy) is 1. The molecule has 0 aliphatic carbocycles. The van der Waals surface area contributed by atoms with Gasteiger partial charge >= 0.3 is 6.03 Å². The van der Waals surface area contributed by atoms with Crippen molar-refractivity contribution in [2.45, 2.75) is 38.8 Å². The number of carbonyl (C=O) groups is 2. The summed E-state index contributed by atoms with van der Waals surface area (Å²) in [7, 11) is 0. The molecule has 27 heavy (non-hydrogen) atoms. The fraction of sp³-hybridized carbons (Fsp3) is 0.600. The van der Waals surface area contributed by atoms with E-state index >= 15 is 0 Å². The number of urea groups is 1. The van der Waals surface area contributed by atoms with Crippen LogP contribution < -0.4 is 5.32 Å². The van der Waals surface area contributed by atoms with Crippen LogP contribution in [0.2, 0.25) is 0 Å². The van der Waals surface area contributed by atoms with Crippen LogP contribution in [0, 0.1) is 11.7 Å². The zero-order valence-corrected chi connectivity index (χ0v) is 16.0. The van der Waals surface area contributed by atoms with Gasteiger partial charge in [0.15, 0.2) is 0 Å². The molecule has 3 amide bonds. The summed E-state index contributed by atoms with van der Waals surface area (Å²) in [5.74, 6) is -0.413. The first-order valence-electron chi connectivity index (χ1n) is 9.65. The average molecular weight is 377 g/mol. The molecule has 7 heteroatoms. The molecule has 6 nitrogen and oxygen atoms in total. The molecule has 3 rings (SSSR count). The van der Waals surface area contributed by atoms with Crippen LogP contribution in [0.3, 0.4) is 0 Å². The van der Waals surface area contributed by atoms with E-state index in [0.29, 0.717) is 45.7 Å². The lowest BCUT2D eigenvalue weighted by atomic mass is 9.88. The molecule has 1 N–H and O–H groups in total. The topological polar surface area (TPSA) is 61.9 Å². The third kappa shape index (κ3) is 4.77. The van der Waals surface area contributed by atoms with Gasteiger partial charge in [0.1, 0.15) is 5.82 Å². The molecule has 2 aliphatic heterocycles. The maximum absolute atomic E-state index is 13.3. The third-order valence-corrected chi connectivity index (χ3v) is 5.18. The van der Waals surface area contributed by atoms with Gasteiger partial charge in [0.2, 0.25) is 5.91 Å². The number of carbonyl (C=O) groups excluding carboxylic acids is 2. The van der Waals surface area contributed by atoms with Crippen molar-refractivity contribution < 1.29 is 18.7 Å². The molecule has 148 valence electrons. The Morgan fingerprint density at radius 3 is 2.44 bits per heavy atom. The van der Waals surface area contributed by atoms with Crippen LogP contribution in [0.15, 0.2) is 24.3 Å². The number of likely N-dealkylation sites (tertiary alicyclic amines) is 1. The van der Waals surface area contributed by atoms with Crippen LogP contribution in [-0.4, -0.2) is 60.6 Å². The summed E-state index contributed by atoms with van der Waals surface area (Å²) >= 11 is 0. The Labute approximate surface area is 159 Å². The van der Waals surface area contributed by atoms with Crippen LogP contribution in [-0.2, 0) is 9.53 Å². The smallest absolute Gasteiger partial charge is 0.318 e. The largest absolute Gasteiger partial charge is 0.378 e. The second-order valence-corrected chi connectivity index (χ2v) is 7.54. The lowest BCUT2D eigenvalue weighted by Gasteiger charge is -2.41. The molecular formula is C20H28FN3O3. The number of morpholine rings is 1. The van der Waals surface area contributed by atoms with Gasteiger partial charge in [-0.15, -0.1) is 0 Å². The summed E-state index contributed by atoms with van der Waals surface area (Å²) in [6.45, 7) is 6.53. The normalized spacial score (nSPS) is 23.4. The minimum Gasteiger partial charge on any atom is -0.378 e. The molecular weight excluding hydrogens is 349 g/mol. The first kappa shape index (κ1) is 19.6. The van der Waals surface area contributed by atoms with E-state index in [4.69, 9.17) is 4.74 Å². The van der Waals surface area contributed by atoms with Crippen molar-refractivity contribution in [2.75, 3.05) is 32.8 Å². The third-order valence-electron chi connectivity index (χ3n) is 5.18. The van der Waals surface area contributed by atoms with Crippen molar-refractivity contribution in [3.8, 4) is 0 Å². The van der Waals surface area contributed by atoms with Gasteiger partial charge < -0.3 is 19.9 Å². The second-order valence-electron chi connectivity index (χ2n) is 7.54. The van der Waals surface area contributed by atoms with Crippen molar-refractivity contribution in [1.82, 2.24) is 15.1 Å². The van der Waals surface area contributed by atoms with Crippen molar-refractivity contribution >= 4 is 11.9 Å². The highest BCUT2D eigenvalue weighted by molar-refractivity contribution is 5.81. The van der Waals surface area contributed by atoms with Gasteiger partial charge in [-0.25, -0.2) is 9.18 Å². The Morgan fingerprint density at radius 2 is 1.81 bits per heavy atom. The Balaban J connectivity index is 1.77. The lowest BCUT2D eigenvalue weighted by Crippen LogP contribution is -2.53. The SMILES string of the molecule is CC(C)NC(=O)N1C[C@@H](C(=O)N2CCOCC2)CC[C@H]1c1ccc(F)cc1. The number of halogens is 1. The van der Waals surface area contributed by atoms with E-state index in [2.05, 4.69) is 5.32 Å². The molecule has 2 aliphatic rings. The molecule has 1 aromatic carbocycles. The average Bonchev–Trinajstić information content (AvgIpc) is 2.68. The molecule has 0 saturated carbocycles. The summed E-state index contributed by atoms with van der Waals surface area (Å²) < 4.78 is 18.6. The van der Waals surface area contributed by atoms with Gasteiger partial charge in [0.05, 0.1) is 25.2 Å². The van der Waals surface area contributed by atoms with Gasteiger partial charge in [0.25, 0.3) is 0 Å². The van der Waals surface area contributed by atoms with Crippen LogP contribution >= 0.6 is 0 Å². The van der Waals surface area contributed by atoms with Crippen LogP contribution in [0.5, 0.6) is 0 Å². The van der Waals surface area contributed by atoms with Gasteiger partial charge in [-0.3, -0.25) is 4.79 Å². The first-order valence-corrected chi connectivity index (χ1v) is 9.65. The molecule has 2 fully saturated rings. The van der Waals surface area contributed by atoms with Crippen LogP contribution in [0.25, 0.3) is 0 Å². The number of nitrogens with one attached hydrogen (secondary N) is 1. The summed E-state index contributed by atoms with van der Waals surface area (Å²) in [4.78, 5) is 29.3. The highest BCUT2D eigenvalue weighted by Crippen LogP contribution is 2.34. The van der Waals surface area contributed by atoms with E-state index < -0.39 is 0 Å². The summed E-state index contributed by atoms with van der Waals surface area (Å²) in [6, 6.07) is 5.94. The van der Waals surface area contributed by atoms with Crippen molar-refractivity contribution in [3.63, 3.8) is 0 Å².